The van der Waals surface area contributed by atoms with Gasteiger partial charge in [-0.3, -0.25) is 0 Å². The zero-order valence-electron chi connectivity index (χ0n) is 27.8. The number of hydrogen-bond acceptors (Lipinski definition) is 4. The predicted molar refractivity (Wildman–Crippen MR) is 188 cm³/mol. The van der Waals surface area contributed by atoms with Crippen LogP contribution in [0.5, 0.6) is 0 Å². The summed E-state index contributed by atoms with van der Waals surface area (Å²) in [5.74, 6) is 4.48. The van der Waals surface area contributed by atoms with Gasteiger partial charge in [0.15, 0.2) is 17.5 Å². The molecule has 4 atom stereocenters. The highest BCUT2D eigenvalue weighted by Crippen LogP contribution is 2.54. The summed E-state index contributed by atoms with van der Waals surface area (Å²) in [6, 6.07) is 32.1. The lowest BCUT2D eigenvalue weighted by Crippen LogP contribution is -2.42. The number of hydrogen-bond donors (Lipinski definition) is 0. The maximum Gasteiger partial charge on any atom is 0.164 e. The number of aromatic nitrogens is 3. The molecule has 0 amide bonds. The highest BCUT2D eigenvalue weighted by atomic mass is 15.0. The molecule has 2 aliphatic rings. The highest BCUT2D eigenvalue weighted by Gasteiger charge is 2.45. The van der Waals surface area contributed by atoms with Crippen LogP contribution in [0.3, 0.4) is 0 Å². The maximum atomic E-state index is 9.36. The molecule has 0 saturated heterocycles. The van der Waals surface area contributed by atoms with Gasteiger partial charge in [0, 0.05) is 16.7 Å². The van der Waals surface area contributed by atoms with Crippen molar-refractivity contribution in [3.05, 3.63) is 102 Å². The zero-order valence-corrected chi connectivity index (χ0v) is 27.8. The standard InChI is InChI=1S/C42H44N4/c1-6-28-20-30-19-27(2)23-42(24-28,25-30)37-17-13-32(14-18-37)39-44-38(31-11-15-36(16-12-31)41(3,4)5)45-40(46-39)35-10-9-33-21-29(26-43)7-8-34(33)22-35/h7-18,21-22,27-28,30H,6,19-20,23-25H2,1-5H3/t27-,28+,30-,42?/m1/s1. The molecule has 1 unspecified atom stereocenters. The topological polar surface area (TPSA) is 62.5 Å². The summed E-state index contributed by atoms with van der Waals surface area (Å²) in [5, 5.41) is 11.4. The highest BCUT2D eigenvalue weighted by molar-refractivity contribution is 5.87. The van der Waals surface area contributed by atoms with Gasteiger partial charge in [0.1, 0.15) is 0 Å². The monoisotopic (exact) mass is 604 g/mol. The summed E-state index contributed by atoms with van der Waals surface area (Å²) in [7, 11) is 0. The van der Waals surface area contributed by atoms with E-state index in [2.05, 4.69) is 95.3 Å². The smallest absolute Gasteiger partial charge is 0.164 e. The van der Waals surface area contributed by atoms with E-state index in [-0.39, 0.29) is 5.41 Å². The molecule has 4 nitrogen and oxygen atoms in total. The van der Waals surface area contributed by atoms with Gasteiger partial charge in [0.25, 0.3) is 0 Å². The lowest BCUT2D eigenvalue weighted by atomic mass is 9.54. The van der Waals surface area contributed by atoms with E-state index in [1.165, 1.54) is 49.7 Å². The van der Waals surface area contributed by atoms with Crippen LogP contribution in [0.1, 0.15) is 89.8 Å². The maximum absolute atomic E-state index is 9.36. The molecule has 2 fully saturated rings. The molecule has 0 radical (unpaired) electrons. The molecule has 0 N–H and O–H groups in total. The Morgan fingerprint density at radius 1 is 0.717 bits per heavy atom. The van der Waals surface area contributed by atoms with E-state index in [1.54, 1.807) is 0 Å². The molecule has 0 spiro atoms. The third-order valence-electron chi connectivity index (χ3n) is 10.7. The summed E-state index contributed by atoms with van der Waals surface area (Å²) in [4.78, 5) is 15.1. The van der Waals surface area contributed by atoms with Crippen molar-refractivity contribution in [2.24, 2.45) is 17.8 Å². The van der Waals surface area contributed by atoms with Crippen LogP contribution in [0.4, 0.5) is 0 Å². The molecule has 1 heterocycles. The predicted octanol–water partition coefficient (Wildman–Crippen LogP) is 10.7. The van der Waals surface area contributed by atoms with Crippen LogP contribution in [0.25, 0.3) is 44.9 Å². The second kappa shape index (κ2) is 11.8. The summed E-state index contributed by atoms with van der Waals surface area (Å²) in [6.07, 6.45) is 8.01. The molecule has 4 heteroatoms. The molecule has 46 heavy (non-hydrogen) atoms. The average molecular weight is 605 g/mol. The Balaban J connectivity index is 1.30. The summed E-state index contributed by atoms with van der Waals surface area (Å²) in [6.45, 7) is 11.5. The summed E-state index contributed by atoms with van der Waals surface area (Å²) < 4.78 is 0. The first kappa shape index (κ1) is 30.3. The SMILES string of the molecule is CC[C@H]1C[C@H]2C[C@@H](C)CC(c3ccc(-c4nc(-c5ccc(C(C)(C)C)cc5)nc(-c5ccc6cc(C#N)ccc6c5)n4)cc3)(C2)C1. The van der Waals surface area contributed by atoms with Crippen molar-refractivity contribution in [3.63, 3.8) is 0 Å². The Kier molecular flexibility index (Phi) is 7.76. The molecule has 1 aromatic heterocycles. The first-order chi connectivity index (χ1) is 22.1. The quantitative estimate of drug-likeness (QED) is 0.200. The number of benzene rings is 4. The minimum atomic E-state index is 0.0668. The third kappa shape index (κ3) is 5.84. The van der Waals surface area contributed by atoms with Gasteiger partial charge in [-0.2, -0.15) is 5.26 Å². The van der Waals surface area contributed by atoms with Gasteiger partial charge in [-0.05, 0) is 101 Å². The Morgan fingerprint density at radius 2 is 1.30 bits per heavy atom. The Hall–Kier alpha value is -4.36. The molecule has 4 aromatic carbocycles. The van der Waals surface area contributed by atoms with Crippen molar-refractivity contribution < 1.29 is 0 Å². The second-order valence-corrected chi connectivity index (χ2v) is 15.2. The van der Waals surface area contributed by atoms with E-state index in [1.807, 2.05) is 30.3 Å². The van der Waals surface area contributed by atoms with Crippen molar-refractivity contribution in [3.8, 4) is 40.2 Å². The van der Waals surface area contributed by atoms with Gasteiger partial charge in [0.05, 0.1) is 11.6 Å². The molecule has 0 aliphatic heterocycles. The third-order valence-corrected chi connectivity index (χ3v) is 10.7. The van der Waals surface area contributed by atoms with E-state index in [9.17, 15) is 5.26 Å². The lowest BCUT2D eigenvalue weighted by molar-refractivity contribution is 0.0702. The molecular formula is C42H44N4. The van der Waals surface area contributed by atoms with Gasteiger partial charge in [0.2, 0.25) is 0 Å². The first-order valence-electron chi connectivity index (χ1n) is 17.0. The fraction of sp³-hybridized carbons (Fsp3) is 0.381. The molecule has 232 valence electrons. The molecule has 5 aromatic rings. The van der Waals surface area contributed by atoms with E-state index in [0.29, 0.717) is 28.5 Å². The van der Waals surface area contributed by atoms with Crippen molar-refractivity contribution in [2.75, 3.05) is 0 Å². The molecule has 2 bridgehead atoms. The Morgan fingerprint density at radius 3 is 1.93 bits per heavy atom. The molecular weight excluding hydrogens is 560 g/mol. The van der Waals surface area contributed by atoms with Crippen LogP contribution >= 0.6 is 0 Å². The van der Waals surface area contributed by atoms with Crippen LogP contribution in [-0.4, -0.2) is 15.0 Å². The summed E-state index contributed by atoms with van der Waals surface area (Å²) >= 11 is 0. The van der Waals surface area contributed by atoms with Gasteiger partial charge in [-0.25, -0.2) is 15.0 Å². The van der Waals surface area contributed by atoms with Crippen molar-refractivity contribution in [1.29, 1.82) is 5.26 Å². The van der Waals surface area contributed by atoms with Gasteiger partial charge in [-0.15, -0.1) is 0 Å². The summed E-state index contributed by atoms with van der Waals surface area (Å²) in [5.41, 5.74) is 6.70. The number of nitrogens with zero attached hydrogens (tertiary/aromatic N) is 4. The van der Waals surface area contributed by atoms with Crippen LogP contribution in [0, 0.1) is 29.1 Å². The van der Waals surface area contributed by atoms with Crippen molar-refractivity contribution in [2.45, 2.75) is 84.0 Å². The normalized spacial score (nSPS) is 22.8. The van der Waals surface area contributed by atoms with Gasteiger partial charge < -0.3 is 0 Å². The zero-order chi connectivity index (χ0) is 32.1. The van der Waals surface area contributed by atoms with Gasteiger partial charge >= 0.3 is 0 Å². The van der Waals surface area contributed by atoms with E-state index in [4.69, 9.17) is 15.0 Å². The largest absolute Gasteiger partial charge is 0.208 e. The van der Waals surface area contributed by atoms with Crippen LogP contribution in [0.2, 0.25) is 0 Å². The van der Waals surface area contributed by atoms with Crippen LogP contribution in [0.15, 0.2) is 84.9 Å². The van der Waals surface area contributed by atoms with Crippen molar-refractivity contribution in [1.82, 2.24) is 15.0 Å². The number of nitriles is 1. The van der Waals surface area contributed by atoms with Gasteiger partial charge in [-0.1, -0.05) is 108 Å². The Bertz CT molecular complexity index is 1920. The van der Waals surface area contributed by atoms with Crippen LogP contribution in [-0.2, 0) is 10.8 Å². The second-order valence-electron chi connectivity index (χ2n) is 15.2. The van der Waals surface area contributed by atoms with Crippen molar-refractivity contribution >= 4 is 10.8 Å². The Labute approximate surface area is 274 Å². The van der Waals surface area contributed by atoms with E-state index >= 15 is 0 Å². The van der Waals surface area contributed by atoms with E-state index < -0.39 is 0 Å². The average Bonchev–Trinajstić information content (AvgIpc) is 3.06. The van der Waals surface area contributed by atoms with Crippen LogP contribution < -0.4 is 0 Å². The molecule has 7 rings (SSSR count). The molecule has 2 saturated carbocycles. The fourth-order valence-corrected chi connectivity index (χ4v) is 8.47. The number of rotatable bonds is 5. The first-order valence-corrected chi connectivity index (χ1v) is 17.0. The number of fused-ring (bicyclic) bond motifs is 3. The van der Waals surface area contributed by atoms with E-state index in [0.717, 1.165) is 45.2 Å². The fourth-order valence-electron chi connectivity index (χ4n) is 8.47. The minimum absolute atomic E-state index is 0.0668. The lowest BCUT2D eigenvalue weighted by Gasteiger charge is -2.51. The molecule has 2 aliphatic carbocycles. The minimum Gasteiger partial charge on any atom is -0.208 e.